The molecule has 2 fully saturated rings. The summed E-state index contributed by atoms with van der Waals surface area (Å²) in [6.45, 7) is 1.57. The topological polar surface area (TPSA) is 66.8 Å². The maximum Gasteiger partial charge on any atom is 0.329 e. The van der Waals surface area contributed by atoms with Crippen molar-refractivity contribution >= 4 is 11.9 Å². The average Bonchev–Trinajstić information content (AvgIpc) is 2.53. The predicted molar refractivity (Wildman–Crippen MR) is 79.0 cm³/mol. The molecule has 1 aliphatic carbocycles. The molecule has 0 aromatic heterocycles. The molecule has 1 saturated carbocycles. The van der Waals surface area contributed by atoms with Crippen molar-refractivity contribution in [3.63, 3.8) is 0 Å². The van der Waals surface area contributed by atoms with Gasteiger partial charge in [0.25, 0.3) is 0 Å². The molecule has 0 atom stereocenters. The Morgan fingerprint density at radius 1 is 1.19 bits per heavy atom. The number of rotatable bonds is 5. The number of aliphatic carboxylic acids is 1. The van der Waals surface area contributed by atoms with Gasteiger partial charge in [0.05, 0.1) is 0 Å². The lowest BCUT2D eigenvalue weighted by Gasteiger charge is -2.41. The first kappa shape index (κ1) is 16.3. The molecule has 1 aliphatic heterocycles. The normalized spacial score (nSPS) is 22.7. The number of likely N-dealkylation sites (N-methyl/N-ethyl adjacent to an activating group) is 1. The maximum absolute atomic E-state index is 12.4. The Kier molecular flexibility index (Phi) is 5.62. The number of hydrogen-bond acceptors (Lipinski definition) is 3. The molecule has 0 aromatic carbocycles. The van der Waals surface area contributed by atoms with Crippen LogP contribution in [0.3, 0.4) is 0 Å². The van der Waals surface area contributed by atoms with E-state index >= 15 is 0 Å². The average molecular weight is 297 g/mol. The number of nitrogens with zero attached hydrogens (tertiary/aromatic N) is 1. The highest BCUT2D eigenvalue weighted by Crippen LogP contribution is 2.34. The SMILES string of the molecule is CN(C(=O)CCC1CCOCC1)C1(C(=O)O)CCCCC1. The van der Waals surface area contributed by atoms with E-state index in [1.165, 1.54) is 4.90 Å². The van der Waals surface area contributed by atoms with Gasteiger partial charge in [0.2, 0.25) is 5.91 Å². The standard InChI is InChI=1S/C16H27NO4/c1-17(16(15(19)20)9-3-2-4-10-16)14(18)6-5-13-7-11-21-12-8-13/h13H,2-12H2,1H3,(H,19,20). The first-order valence-corrected chi connectivity index (χ1v) is 8.14. The third-order valence-electron chi connectivity index (χ3n) is 5.20. The lowest BCUT2D eigenvalue weighted by atomic mass is 9.80. The number of carbonyl (C=O) groups is 2. The fourth-order valence-corrected chi connectivity index (χ4v) is 3.60. The van der Waals surface area contributed by atoms with Crippen LogP contribution in [0, 0.1) is 5.92 Å². The minimum absolute atomic E-state index is 0.0224. The van der Waals surface area contributed by atoms with E-state index in [1.54, 1.807) is 7.05 Å². The molecule has 0 bridgehead atoms. The predicted octanol–water partition coefficient (Wildman–Crippen LogP) is 2.44. The summed E-state index contributed by atoms with van der Waals surface area (Å²) in [7, 11) is 1.67. The van der Waals surface area contributed by atoms with Gasteiger partial charge < -0.3 is 14.7 Å². The van der Waals surface area contributed by atoms with E-state index in [0.717, 1.165) is 51.7 Å². The Morgan fingerprint density at radius 2 is 1.81 bits per heavy atom. The Morgan fingerprint density at radius 3 is 2.38 bits per heavy atom. The molecule has 21 heavy (non-hydrogen) atoms. The molecule has 120 valence electrons. The monoisotopic (exact) mass is 297 g/mol. The number of carbonyl (C=O) groups excluding carboxylic acids is 1. The van der Waals surface area contributed by atoms with Crippen LogP contribution >= 0.6 is 0 Å². The van der Waals surface area contributed by atoms with E-state index in [0.29, 0.717) is 25.2 Å². The molecule has 0 radical (unpaired) electrons. The van der Waals surface area contributed by atoms with E-state index in [2.05, 4.69) is 0 Å². The fourth-order valence-electron chi connectivity index (χ4n) is 3.60. The molecular formula is C16H27NO4. The second-order valence-corrected chi connectivity index (χ2v) is 6.44. The van der Waals surface area contributed by atoms with Crippen LogP contribution in [0.1, 0.15) is 57.8 Å². The summed E-state index contributed by atoms with van der Waals surface area (Å²) in [6, 6.07) is 0. The zero-order valence-corrected chi connectivity index (χ0v) is 13.0. The van der Waals surface area contributed by atoms with Crippen molar-refractivity contribution in [3.8, 4) is 0 Å². The Labute approximate surface area is 126 Å². The summed E-state index contributed by atoms with van der Waals surface area (Å²) in [5.41, 5.74) is -0.967. The van der Waals surface area contributed by atoms with Gasteiger partial charge in [0.15, 0.2) is 0 Å². The Bertz CT molecular complexity index is 370. The molecular weight excluding hydrogens is 270 g/mol. The van der Waals surface area contributed by atoms with Crippen LogP contribution < -0.4 is 0 Å². The quantitative estimate of drug-likeness (QED) is 0.846. The van der Waals surface area contributed by atoms with Gasteiger partial charge in [0, 0.05) is 26.7 Å². The Hall–Kier alpha value is -1.10. The second-order valence-electron chi connectivity index (χ2n) is 6.44. The van der Waals surface area contributed by atoms with Crippen LogP contribution in [-0.4, -0.2) is 47.7 Å². The molecule has 5 heteroatoms. The molecule has 5 nitrogen and oxygen atoms in total. The number of hydrogen-bond donors (Lipinski definition) is 1. The fraction of sp³-hybridized carbons (Fsp3) is 0.875. The molecule has 2 rings (SSSR count). The molecule has 1 heterocycles. The van der Waals surface area contributed by atoms with E-state index in [9.17, 15) is 14.7 Å². The van der Waals surface area contributed by atoms with Crippen LogP contribution in [0.2, 0.25) is 0 Å². The third-order valence-corrected chi connectivity index (χ3v) is 5.20. The van der Waals surface area contributed by atoms with Crippen molar-refractivity contribution in [1.29, 1.82) is 0 Å². The Balaban J connectivity index is 1.91. The molecule has 1 amide bonds. The maximum atomic E-state index is 12.4. The van der Waals surface area contributed by atoms with Crippen molar-refractivity contribution in [3.05, 3.63) is 0 Å². The van der Waals surface area contributed by atoms with Gasteiger partial charge >= 0.3 is 5.97 Å². The van der Waals surface area contributed by atoms with Gasteiger partial charge in [-0.2, -0.15) is 0 Å². The van der Waals surface area contributed by atoms with Crippen molar-refractivity contribution in [2.45, 2.75) is 63.3 Å². The third kappa shape index (κ3) is 3.76. The van der Waals surface area contributed by atoms with Crippen LogP contribution in [0.25, 0.3) is 0 Å². The first-order valence-electron chi connectivity index (χ1n) is 8.14. The van der Waals surface area contributed by atoms with Crippen molar-refractivity contribution in [1.82, 2.24) is 4.90 Å². The molecule has 0 spiro atoms. The summed E-state index contributed by atoms with van der Waals surface area (Å²) < 4.78 is 5.32. The van der Waals surface area contributed by atoms with Gasteiger partial charge in [-0.15, -0.1) is 0 Å². The van der Waals surface area contributed by atoms with E-state index in [4.69, 9.17) is 4.74 Å². The smallest absolute Gasteiger partial charge is 0.329 e. The van der Waals surface area contributed by atoms with Crippen LogP contribution in [0.4, 0.5) is 0 Å². The number of carboxylic acids is 1. The summed E-state index contributed by atoms with van der Waals surface area (Å²) in [6.07, 6.45) is 7.36. The van der Waals surface area contributed by atoms with Gasteiger partial charge in [-0.3, -0.25) is 4.79 Å². The highest BCUT2D eigenvalue weighted by Gasteiger charge is 2.45. The van der Waals surface area contributed by atoms with E-state index < -0.39 is 11.5 Å². The van der Waals surface area contributed by atoms with Crippen molar-refractivity contribution in [2.24, 2.45) is 5.92 Å². The van der Waals surface area contributed by atoms with Crippen LogP contribution in [0.15, 0.2) is 0 Å². The lowest BCUT2D eigenvalue weighted by molar-refractivity contribution is -0.160. The zero-order chi connectivity index (χ0) is 15.3. The van der Waals surface area contributed by atoms with Gasteiger partial charge in [-0.1, -0.05) is 19.3 Å². The molecule has 2 aliphatic rings. The van der Waals surface area contributed by atoms with Gasteiger partial charge in [-0.05, 0) is 38.0 Å². The summed E-state index contributed by atoms with van der Waals surface area (Å²) in [5.74, 6) is -0.321. The highest BCUT2D eigenvalue weighted by molar-refractivity contribution is 5.87. The molecule has 0 aromatic rings. The summed E-state index contributed by atoms with van der Waals surface area (Å²) in [4.78, 5) is 25.7. The van der Waals surface area contributed by atoms with Crippen molar-refractivity contribution in [2.75, 3.05) is 20.3 Å². The molecule has 1 saturated heterocycles. The largest absolute Gasteiger partial charge is 0.479 e. The van der Waals surface area contributed by atoms with E-state index in [-0.39, 0.29) is 5.91 Å². The van der Waals surface area contributed by atoms with Crippen molar-refractivity contribution < 1.29 is 19.4 Å². The minimum atomic E-state index is -0.967. The van der Waals surface area contributed by atoms with Gasteiger partial charge in [-0.25, -0.2) is 4.79 Å². The molecule has 0 unspecified atom stereocenters. The lowest BCUT2D eigenvalue weighted by Crippen LogP contribution is -2.56. The van der Waals surface area contributed by atoms with Gasteiger partial charge in [0.1, 0.15) is 5.54 Å². The number of carboxylic acid groups (broad SMARTS) is 1. The first-order chi connectivity index (χ1) is 10.1. The minimum Gasteiger partial charge on any atom is -0.479 e. The number of ether oxygens (including phenoxy) is 1. The van der Waals surface area contributed by atoms with Crippen LogP contribution in [-0.2, 0) is 14.3 Å². The summed E-state index contributed by atoms with van der Waals surface area (Å²) >= 11 is 0. The number of amides is 1. The summed E-state index contributed by atoms with van der Waals surface area (Å²) in [5, 5.41) is 9.61. The highest BCUT2D eigenvalue weighted by atomic mass is 16.5. The zero-order valence-electron chi connectivity index (χ0n) is 13.0. The van der Waals surface area contributed by atoms with E-state index in [1.807, 2.05) is 0 Å². The second kappa shape index (κ2) is 7.25. The molecule has 1 N–H and O–H groups in total. The van der Waals surface area contributed by atoms with Crippen LogP contribution in [0.5, 0.6) is 0 Å².